The molecule has 0 saturated heterocycles. The van der Waals surface area contributed by atoms with Crippen LogP contribution in [0.2, 0.25) is 0 Å². The fourth-order valence-electron chi connectivity index (χ4n) is 4.18. The standard InChI is InChI=1S/C24H36NOP/c1-8-24(9-2,20-14-10-11-16-22(20)26)27-23-19(7)13-12-15-21(23)25(17(3)4)18(5)6/h10-18,26-27H,8-9H2,1-7H3. The third-order valence-electron chi connectivity index (χ3n) is 5.63. The Morgan fingerprint density at radius 3 is 2.04 bits per heavy atom. The molecule has 0 bridgehead atoms. The molecule has 0 aliphatic carbocycles. The highest BCUT2D eigenvalue weighted by Crippen LogP contribution is 2.51. The van der Waals surface area contributed by atoms with Gasteiger partial charge in [-0.25, -0.2) is 0 Å². The molecule has 0 saturated carbocycles. The van der Waals surface area contributed by atoms with E-state index in [0.717, 1.165) is 18.4 Å². The molecule has 0 aromatic heterocycles. The van der Waals surface area contributed by atoms with E-state index >= 15 is 0 Å². The smallest absolute Gasteiger partial charge is 0.119 e. The van der Waals surface area contributed by atoms with Gasteiger partial charge in [0.05, 0.1) is 0 Å². The van der Waals surface area contributed by atoms with Crippen LogP contribution in [-0.2, 0) is 5.16 Å². The van der Waals surface area contributed by atoms with Gasteiger partial charge in [-0.2, -0.15) is 0 Å². The van der Waals surface area contributed by atoms with Crippen LogP contribution < -0.4 is 10.2 Å². The third-order valence-corrected chi connectivity index (χ3v) is 7.99. The molecule has 0 spiro atoms. The van der Waals surface area contributed by atoms with Gasteiger partial charge in [0.25, 0.3) is 0 Å². The molecular formula is C24H36NOP. The zero-order chi connectivity index (χ0) is 20.2. The third kappa shape index (κ3) is 4.49. The summed E-state index contributed by atoms with van der Waals surface area (Å²) in [5.41, 5.74) is 3.78. The summed E-state index contributed by atoms with van der Waals surface area (Å²) in [4.78, 5) is 2.52. The van der Waals surface area contributed by atoms with Crippen molar-refractivity contribution in [2.75, 3.05) is 4.90 Å². The van der Waals surface area contributed by atoms with Crippen LogP contribution in [0.4, 0.5) is 5.69 Å². The minimum absolute atomic E-state index is 0.0359. The van der Waals surface area contributed by atoms with E-state index in [4.69, 9.17) is 0 Å². The van der Waals surface area contributed by atoms with Crippen molar-refractivity contribution in [2.45, 2.75) is 78.5 Å². The Balaban J connectivity index is 2.62. The van der Waals surface area contributed by atoms with Crippen molar-refractivity contribution in [3.63, 3.8) is 0 Å². The van der Waals surface area contributed by atoms with E-state index in [0.29, 0.717) is 26.4 Å². The second kappa shape index (κ2) is 9.11. The van der Waals surface area contributed by atoms with Crippen molar-refractivity contribution in [3.05, 3.63) is 53.6 Å². The highest BCUT2D eigenvalue weighted by atomic mass is 31.1. The lowest BCUT2D eigenvalue weighted by Gasteiger charge is -2.39. The highest BCUT2D eigenvalue weighted by molar-refractivity contribution is 7.49. The van der Waals surface area contributed by atoms with Crippen molar-refractivity contribution < 1.29 is 5.11 Å². The molecular weight excluding hydrogens is 349 g/mol. The molecule has 2 rings (SSSR count). The second-order valence-corrected chi connectivity index (χ2v) is 9.70. The summed E-state index contributed by atoms with van der Waals surface area (Å²) in [5.74, 6) is 0.424. The number of nitrogens with zero attached hydrogens (tertiary/aromatic N) is 1. The Morgan fingerprint density at radius 1 is 0.926 bits per heavy atom. The molecule has 1 N–H and O–H groups in total. The fraction of sp³-hybridized carbons (Fsp3) is 0.500. The molecule has 0 amide bonds. The molecule has 27 heavy (non-hydrogen) atoms. The van der Waals surface area contributed by atoms with Crippen molar-refractivity contribution in [1.82, 2.24) is 0 Å². The number of phenolic OH excluding ortho intramolecular Hbond substituents is 1. The number of rotatable bonds is 8. The van der Waals surface area contributed by atoms with Gasteiger partial charge in [-0.1, -0.05) is 52.8 Å². The predicted octanol–water partition coefficient (Wildman–Crippen LogP) is 6.34. The number of benzene rings is 2. The van der Waals surface area contributed by atoms with E-state index in [1.807, 2.05) is 18.2 Å². The SMILES string of the molecule is CCC(CC)(Pc1c(C)cccc1N(C(C)C)C(C)C)c1ccccc1O. The van der Waals surface area contributed by atoms with Crippen LogP contribution in [0.5, 0.6) is 5.75 Å². The van der Waals surface area contributed by atoms with E-state index in [2.05, 4.69) is 77.6 Å². The monoisotopic (exact) mass is 385 g/mol. The molecule has 2 aromatic carbocycles. The molecule has 0 aliphatic rings. The van der Waals surface area contributed by atoms with Gasteiger partial charge in [0.15, 0.2) is 0 Å². The maximum Gasteiger partial charge on any atom is 0.119 e. The Morgan fingerprint density at radius 2 is 1.52 bits per heavy atom. The molecule has 2 nitrogen and oxygen atoms in total. The first kappa shape index (κ1) is 21.8. The first-order valence-electron chi connectivity index (χ1n) is 10.2. The zero-order valence-corrected chi connectivity index (χ0v) is 19.0. The summed E-state index contributed by atoms with van der Waals surface area (Å²) in [6.07, 6.45) is 2.02. The Hall–Kier alpha value is -1.53. The van der Waals surface area contributed by atoms with Gasteiger partial charge >= 0.3 is 0 Å². The van der Waals surface area contributed by atoms with E-state index in [9.17, 15) is 5.11 Å². The molecule has 0 radical (unpaired) electrons. The van der Waals surface area contributed by atoms with Crippen molar-refractivity contribution in [3.8, 4) is 5.75 Å². The van der Waals surface area contributed by atoms with Gasteiger partial charge in [0.1, 0.15) is 5.75 Å². The Bertz CT molecular complexity index is 742. The molecule has 1 atom stereocenters. The van der Waals surface area contributed by atoms with Crippen molar-refractivity contribution in [2.24, 2.45) is 0 Å². The molecule has 0 heterocycles. The largest absolute Gasteiger partial charge is 0.508 e. The average Bonchev–Trinajstić information content (AvgIpc) is 2.62. The minimum atomic E-state index is -0.0359. The summed E-state index contributed by atoms with van der Waals surface area (Å²) in [7, 11) is 0.614. The Kier molecular flexibility index (Phi) is 7.34. The number of para-hydroxylation sites is 1. The van der Waals surface area contributed by atoms with E-state index in [1.165, 1.54) is 16.6 Å². The highest BCUT2D eigenvalue weighted by Gasteiger charge is 2.33. The number of phenols is 1. The van der Waals surface area contributed by atoms with E-state index in [-0.39, 0.29) is 5.16 Å². The molecule has 3 heteroatoms. The average molecular weight is 386 g/mol. The number of aromatic hydroxyl groups is 1. The van der Waals surface area contributed by atoms with Crippen LogP contribution in [0, 0.1) is 6.92 Å². The van der Waals surface area contributed by atoms with Crippen LogP contribution in [0.25, 0.3) is 0 Å². The lowest BCUT2D eigenvalue weighted by molar-refractivity contribution is 0.448. The number of hydrogen-bond donors (Lipinski definition) is 1. The number of hydrogen-bond acceptors (Lipinski definition) is 2. The maximum atomic E-state index is 10.6. The number of aryl methyl sites for hydroxylation is 1. The van der Waals surface area contributed by atoms with Crippen molar-refractivity contribution >= 4 is 19.6 Å². The van der Waals surface area contributed by atoms with Crippen molar-refractivity contribution in [1.29, 1.82) is 0 Å². The first-order valence-corrected chi connectivity index (χ1v) is 11.2. The molecule has 2 aromatic rings. The van der Waals surface area contributed by atoms with Crippen LogP contribution in [0.15, 0.2) is 42.5 Å². The normalized spacial score (nSPS) is 12.5. The Labute approximate surface area is 167 Å². The summed E-state index contributed by atoms with van der Waals surface area (Å²) >= 11 is 0. The van der Waals surface area contributed by atoms with Gasteiger partial charge in [0.2, 0.25) is 0 Å². The molecule has 1 unspecified atom stereocenters. The van der Waals surface area contributed by atoms with Gasteiger partial charge in [-0.15, -0.1) is 0 Å². The predicted molar refractivity (Wildman–Crippen MR) is 122 cm³/mol. The van der Waals surface area contributed by atoms with Crippen LogP contribution in [-0.4, -0.2) is 17.2 Å². The number of anilines is 1. The van der Waals surface area contributed by atoms with Gasteiger partial charge in [-0.05, 0) is 70.5 Å². The molecule has 0 fully saturated rings. The van der Waals surface area contributed by atoms with Crippen LogP contribution in [0.1, 0.15) is 65.5 Å². The molecule has 0 aliphatic heterocycles. The van der Waals surface area contributed by atoms with E-state index < -0.39 is 0 Å². The zero-order valence-electron chi connectivity index (χ0n) is 18.0. The maximum absolute atomic E-state index is 10.6. The van der Waals surface area contributed by atoms with Gasteiger partial charge in [-0.3, -0.25) is 0 Å². The van der Waals surface area contributed by atoms with Gasteiger partial charge < -0.3 is 10.0 Å². The minimum Gasteiger partial charge on any atom is -0.508 e. The van der Waals surface area contributed by atoms with Gasteiger partial charge in [0, 0.05) is 28.5 Å². The quantitative estimate of drug-likeness (QED) is 0.536. The fourth-order valence-corrected chi connectivity index (χ4v) is 5.97. The van der Waals surface area contributed by atoms with E-state index in [1.54, 1.807) is 0 Å². The van der Waals surface area contributed by atoms with Crippen LogP contribution >= 0.6 is 8.58 Å². The lowest BCUT2D eigenvalue weighted by atomic mass is 9.92. The summed E-state index contributed by atoms with van der Waals surface area (Å²) in [5, 5.41) is 12.0. The lowest BCUT2D eigenvalue weighted by Crippen LogP contribution is -2.40. The summed E-state index contributed by atoms with van der Waals surface area (Å²) in [6, 6.07) is 15.5. The summed E-state index contributed by atoms with van der Waals surface area (Å²) < 4.78 is 0. The topological polar surface area (TPSA) is 23.5 Å². The second-order valence-electron chi connectivity index (χ2n) is 8.00. The molecule has 148 valence electrons. The first-order chi connectivity index (χ1) is 12.8. The van der Waals surface area contributed by atoms with Crippen LogP contribution in [0.3, 0.4) is 0 Å². The summed E-state index contributed by atoms with van der Waals surface area (Å²) in [6.45, 7) is 15.8.